The number of carbonyl (C=O) groups is 1. The van der Waals surface area contributed by atoms with Gasteiger partial charge in [0.25, 0.3) is 0 Å². The number of nitrogens with one attached hydrogen (secondary N) is 1. The number of unbranched alkanes of at least 4 members (excludes halogenated alkanes) is 1. The van der Waals surface area contributed by atoms with Crippen LogP contribution in [0.2, 0.25) is 0 Å². The highest BCUT2D eigenvalue weighted by atomic mass is 16.1. The van der Waals surface area contributed by atoms with Crippen molar-refractivity contribution in [2.45, 2.75) is 32.1 Å². The van der Waals surface area contributed by atoms with Gasteiger partial charge < -0.3 is 11.1 Å². The van der Waals surface area contributed by atoms with Crippen LogP contribution in [0.1, 0.15) is 37.7 Å². The Morgan fingerprint density at radius 1 is 1.16 bits per heavy atom. The summed E-state index contributed by atoms with van der Waals surface area (Å²) in [5.41, 5.74) is 9.46. The number of primary amides is 1. The quantitative estimate of drug-likeness (QED) is 0.656. The lowest BCUT2D eigenvalue weighted by Gasteiger charge is -2.16. The van der Waals surface area contributed by atoms with Gasteiger partial charge in [-0.2, -0.15) is 0 Å². The van der Waals surface area contributed by atoms with Crippen LogP contribution in [0.3, 0.4) is 0 Å². The number of benzene rings is 2. The summed E-state index contributed by atoms with van der Waals surface area (Å²) in [5, 5.41) is 4.51. The van der Waals surface area contributed by atoms with Crippen molar-refractivity contribution < 1.29 is 4.79 Å². The maximum Gasteiger partial charge on any atom is 0.224 e. The minimum Gasteiger partial charge on any atom is -0.369 e. The monoisotopic (exact) mass is 333 g/mol. The average molecular weight is 333 g/mol. The number of carbonyl (C=O) groups excluding carboxylic acids is 1. The number of hydrogen-bond acceptors (Lipinski definition) is 3. The number of fused-ring (bicyclic) bond motifs is 1. The van der Waals surface area contributed by atoms with Gasteiger partial charge in [0.1, 0.15) is 0 Å². The van der Waals surface area contributed by atoms with E-state index in [1.807, 2.05) is 54.6 Å². The van der Waals surface area contributed by atoms with Crippen LogP contribution in [0.25, 0.3) is 10.9 Å². The third kappa shape index (κ3) is 3.97. The lowest BCUT2D eigenvalue weighted by Crippen LogP contribution is -2.21. The topological polar surface area (TPSA) is 68.0 Å². The molecule has 3 rings (SSSR count). The van der Waals surface area contributed by atoms with Crippen LogP contribution in [0, 0.1) is 0 Å². The van der Waals surface area contributed by atoms with Crippen LogP contribution in [-0.2, 0) is 4.79 Å². The van der Waals surface area contributed by atoms with Gasteiger partial charge in [0, 0.05) is 23.0 Å². The molecule has 0 aliphatic heterocycles. The minimum atomic E-state index is -0.264. The number of nitrogens with two attached hydrogens (primary N) is 1. The molecule has 0 saturated heterocycles. The Bertz CT molecular complexity index is 870. The maximum atomic E-state index is 11.8. The Hall–Kier alpha value is -2.88. The molecule has 3 aromatic rings. The summed E-state index contributed by atoms with van der Waals surface area (Å²) in [6.07, 6.45) is 4.61. The van der Waals surface area contributed by atoms with Gasteiger partial charge >= 0.3 is 0 Å². The number of rotatable bonds is 7. The molecule has 0 saturated carbocycles. The third-order valence-corrected chi connectivity index (χ3v) is 4.41. The summed E-state index contributed by atoms with van der Waals surface area (Å²) in [6.45, 7) is 2.12. The summed E-state index contributed by atoms with van der Waals surface area (Å²) in [4.78, 5) is 16.2. The molecule has 1 unspecified atom stereocenters. The van der Waals surface area contributed by atoms with Gasteiger partial charge in [-0.1, -0.05) is 50.1 Å². The smallest absolute Gasteiger partial charge is 0.224 e. The number of hydrogen-bond donors (Lipinski definition) is 2. The first-order chi connectivity index (χ1) is 12.2. The second-order valence-corrected chi connectivity index (χ2v) is 6.22. The van der Waals surface area contributed by atoms with Crippen LogP contribution >= 0.6 is 0 Å². The van der Waals surface area contributed by atoms with E-state index in [1.54, 1.807) is 6.20 Å². The molecule has 2 aromatic carbocycles. The maximum absolute atomic E-state index is 11.8. The second kappa shape index (κ2) is 7.79. The second-order valence-electron chi connectivity index (χ2n) is 6.22. The molecule has 1 aromatic heterocycles. The molecule has 1 amide bonds. The molecular formula is C21H23N3O. The van der Waals surface area contributed by atoms with Crippen LogP contribution in [0.4, 0.5) is 11.4 Å². The molecule has 0 fully saturated rings. The molecule has 0 spiro atoms. The first-order valence-electron chi connectivity index (χ1n) is 8.69. The minimum absolute atomic E-state index is 0.240. The predicted molar refractivity (Wildman–Crippen MR) is 103 cm³/mol. The molecule has 0 aliphatic carbocycles. The van der Waals surface area contributed by atoms with Crippen molar-refractivity contribution in [1.29, 1.82) is 0 Å². The molecule has 25 heavy (non-hydrogen) atoms. The fourth-order valence-corrected chi connectivity index (χ4v) is 3.07. The highest BCUT2D eigenvalue weighted by Crippen LogP contribution is 2.28. The van der Waals surface area contributed by atoms with Crippen molar-refractivity contribution in [3.05, 3.63) is 66.4 Å². The van der Waals surface area contributed by atoms with Crippen molar-refractivity contribution in [2.75, 3.05) is 5.32 Å². The van der Waals surface area contributed by atoms with Gasteiger partial charge in [0.05, 0.1) is 11.4 Å². The van der Waals surface area contributed by atoms with Crippen LogP contribution in [0.15, 0.2) is 60.8 Å². The average Bonchev–Trinajstić information content (AvgIpc) is 2.62. The Morgan fingerprint density at radius 2 is 2.00 bits per heavy atom. The third-order valence-electron chi connectivity index (χ3n) is 4.41. The number of nitrogens with zero attached hydrogens (tertiary/aromatic N) is 1. The Labute approximate surface area is 148 Å². The Kier molecular flexibility index (Phi) is 5.29. The van der Waals surface area contributed by atoms with Crippen molar-refractivity contribution in [2.24, 2.45) is 5.73 Å². The van der Waals surface area contributed by atoms with E-state index in [0.717, 1.165) is 47.1 Å². The highest BCUT2D eigenvalue weighted by Gasteiger charge is 2.17. The van der Waals surface area contributed by atoms with E-state index in [-0.39, 0.29) is 11.8 Å². The van der Waals surface area contributed by atoms with Gasteiger partial charge in [-0.15, -0.1) is 0 Å². The summed E-state index contributed by atoms with van der Waals surface area (Å²) in [5.74, 6) is -0.504. The molecule has 4 heteroatoms. The molecule has 4 nitrogen and oxygen atoms in total. The molecule has 0 bridgehead atoms. The van der Waals surface area contributed by atoms with Crippen molar-refractivity contribution in [3.63, 3.8) is 0 Å². The van der Waals surface area contributed by atoms with Gasteiger partial charge in [-0.25, -0.2) is 0 Å². The van der Waals surface area contributed by atoms with E-state index in [2.05, 4.69) is 17.2 Å². The Balaban J connectivity index is 1.89. The zero-order chi connectivity index (χ0) is 17.6. The molecular weight excluding hydrogens is 310 g/mol. The van der Waals surface area contributed by atoms with Crippen LogP contribution in [0.5, 0.6) is 0 Å². The standard InChI is InChI=1S/C21H23N3O/c1-2-3-9-17(21(22)25)15-7-6-8-16(14-15)24-20-12-13-23-19-11-5-4-10-18(19)20/h4-8,10-14,17H,2-3,9H2,1H3,(H2,22,25)(H,23,24). The van der Waals surface area contributed by atoms with Gasteiger partial charge in [-0.05, 0) is 36.2 Å². The normalized spacial score (nSPS) is 12.0. The highest BCUT2D eigenvalue weighted by molar-refractivity contribution is 5.92. The van der Waals surface area contributed by atoms with Gasteiger partial charge in [0.15, 0.2) is 0 Å². The van der Waals surface area contributed by atoms with E-state index in [4.69, 9.17) is 5.73 Å². The van der Waals surface area contributed by atoms with Crippen LogP contribution in [-0.4, -0.2) is 10.9 Å². The summed E-state index contributed by atoms with van der Waals surface area (Å²) >= 11 is 0. The largest absolute Gasteiger partial charge is 0.369 e. The van der Waals surface area contributed by atoms with Gasteiger partial charge in [-0.3, -0.25) is 9.78 Å². The summed E-state index contributed by atoms with van der Waals surface area (Å²) < 4.78 is 0. The zero-order valence-corrected chi connectivity index (χ0v) is 14.4. The molecule has 0 radical (unpaired) electrons. The number of para-hydroxylation sites is 1. The molecule has 128 valence electrons. The molecule has 0 aliphatic rings. The number of pyridine rings is 1. The fourth-order valence-electron chi connectivity index (χ4n) is 3.07. The number of anilines is 2. The molecule has 1 atom stereocenters. The first-order valence-corrected chi connectivity index (χ1v) is 8.69. The van der Waals surface area contributed by atoms with Crippen molar-refractivity contribution >= 4 is 28.2 Å². The SMILES string of the molecule is CCCCC(C(N)=O)c1cccc(Nc2ccnc3ccccc23)c1. The van der Waals surface area contributed by atoms with Crippen molar-refractivity contribution in [3.8, 4) is 0 Å². The molecule has 1 heterocycles. The predicted octanol–water partition coefficient (Wildman–Crippen LogP) is 4.74. The van der Waals surface area contributed by atoms with Gasteiger partial charge in [0.2, 0.25) is 5.91 Å². The van der Waals surface area contributed by atoms with E-state index in [9.17, 15) is 4.79 Å². The Morgan fingerprint density at radius 3 is 2.80 bits per heavy atom. The zero-order valence-electron chi connectivity index (χ0n) is 14.4. The molecule has 3 N–H and O–H groups in total. The lowest BCUT2D eigenvalue weighted by molar-refractivity contribution is -0.119. The number of aromatic nitrogens is 1. The van der Waals surface area contributed by atoms with E-state index in [0.29, 0.717) is 0 Å². The van der Waals surface area contributed by atoms with E-state index >= 15 is 0 Å². The van der Waals surface area contributed by atoms with Crippen LogP contribution < -0.4 is 11.1 Å². The van der Waals surface area contributed by atoms with E-state index in [1.165, 1.54) is 0 Å². The summed E-state index contributed by atoms with van der Waals surface area (Å²) in [7, 11) is 0. The lowest BCUT2D eigenvalue weighted by atomic mass is 9.92. The number of amides is 1. The van der Waals surface area contributed by atoms with Crippen molar-refractivity contribution in [1.82, 2.24) is 4.98 Å². The summed E-state index contributed by atoms with van der Waals surface area (Å²) in [6, 6.07) is 17.9. The van der Waals surface area contributed by atoms with E-state index < -0.39 is 0 Å². The first kappa shape index (κ1) is 17.0. The fraction of sp³-hybridized carbons (Fsp3) is 0.238.